The van der Waals surface area contributed by atoms with Crippen LogP contribution in [0.2, 0.25) is 0 Å². The molecule has 0 unspecified atom stereocenters. The molecule has 0 spiro atoms. The molecule has 0 aliphatic rings. The highest BCUT2D eigenvalue weighted by Crippen LogP contribution is 2.18. The van der Waals surface area contributed by atoms with Gasteiger partial charge in [-0.15, -0.1) is 0 Å². The van der Waals surface area contributed by atoms with E-state index in [2.05, 4.69) is 29.3 Å². The van der Waals surface area contributed by atoms with E-state index in [1.54, 1.807) is 0 Å². The maximum Gasteiger partial charge on any atom is 0.308 e. The summed E-state index contributed by atoms with van der Waals surface area (Å²) in [7, 11) is 0. The first-order valence-electron chi connectivity index (χ1n) is 5.09. The molecule has 0 saturated heterocycles. The van der Waals surface area contributed by atoms with Gasteiger partial charge in [0, 0.05) is 5.56 Å². The molecule has 0 aliphatic heterocycles. The molecule has 0 radical (unpaired) electrons. The van der Waals surface area contributed by atoms with E-state index in [-0.39, 0.29) is 0 Å². The summed E-state index contributed by atoms with van der Waals surface area (Å²) in [5, 5.41) is 3.95. The smallest absolute Gasteiger partial charge is 0.308 e. The Morgan fingerprint density at radius 2 is 1.53 bits per heavy atom. The van der Waals surface area contributed by atoms with Gasteiger partial charge in [0.05, 0.1) is 0 Å². The Labute approximate surface area is 90.5 Å². The van der Waals surface area contributed by atoms with Gasteiger partial charge in [-0.05, 0) is 29.2 Å². The SMILES string of the molecule is [2H]OC#Cc1ccc(-c2ccccc2)cc1. The second-order valence-electron chi connectivity index (χ2n) is 3.17. The molecule has 0 bridgehead atoms. The Kier molecular flexibility index (Phi) is 2.36. The van der Waals surface area contributed by atoms with Crippen molar-refractivity contribution in [3.05, 3.63) is 60.2 Å². The van der Waals surface area contributed by atoms with Gasteiger partial charge in [-0.3, -0.25) is 0 Å². The van der Waals surface area contributed by atoms with E-state index in [4.69, 9.17) is 1.43 Å². The van der Waals surface area contributed by atoms with Crippen LogP contribution in [0.25, 0.3) is 11.1 Å². The van der Waals surface area contributed by atoms with Crippen molar-refractivity contribution in [2.75, 3.05) is 0 Å². The summed E-state index contributed by atoms with van der Waals surface area (Å²) >= 11 is 0. The Hall–Kier alpha value is -2.20. The van der Waals surface area contributed by atoms with Crippen LogP contribution in [0.15, 0.2) is 54.6 Å². The molecule has 1 nitrogen and oxygen atoms in total. The Bertz CT molecular complexity index is 506. The average molecular weight is 195 g/mol. The van der Waals surface area contributed by atoms with Crippen molar-refractivity contribution in [1.82, 2.24) is 0 Å². The highest BCUT2D eigenvalue weighted by Gasteiger charge is 1.95. The molecular weight excluding hydrogens is 184 g/mol. The van der Waals surface area contributed by atoms with E-state index in [1.165, 1.54) is 5.56 Å². The van der Waals surface area contributed by atoms with E-state index in [9.17, 15) is 0 Å². The molecule has 0 heterocycles. The summed E-state index contributed by atoms with van der Waals surface area (Å²) in [4.78, 5) is 0. The van der Waals surface area contributed by atoms with Crippen molar-refractivity contribution in [1.29, 1.82) is 0 Å². The molecule has 0 amide bonds. The summed E-state index contributed by atoms with van der Waals surface area (Å²) in [6, 6.07) is 18.0. The molecule has 0 aromatic heterocycles. The molecule has 72 valence electrons. The van der Waals surface area contributed by atoms with Crippen LogP contribution >= 0.6 is 0 Å². The van der Waals surface area contributed by atoms with Gasteiger partial charge < -0.3 is 5.11 Å². The van der Waals surface area contributed by atoms with Crippen molar-refractivity contribution in [2.24, 2.45) is 0 Å². The Balaban J connectivity index is 2.26. The Morgan fingerprint density at radius 3 is 2.20 bits per heavy atom. The Morgan fingerprint density at radius 1 is 0.867 bits per heavy atom. The number of hydrogen-bond donors (Lipinski definition) is 1. The molecule has 15 heavy (non-hydrogen) atoms. The molecule has 0 atom stereocenters. The molecule has 1 heteroatoms. The number of aliphatic hydroxyl groups excluding tert-OH is 1. The van der Waals surface area contributed by atoms with Crippen LogP contribution < -0.4 is 0 Å². The first-order valence-corrected chi connectivity index (χ1v) is 4.69. The van der Waals surface area contributed by atoms with Crippen LogP contribution in [0.3, 0.4) is 0 Å². The zero-order valence-corrected chi connectivity index (χ0v) is 8.10. The minimum atomic E-state index is 0.840. The largest absolute Gasteiger partial charge is 0.462 e. The van der Waals surface area contributed by atoms with Crippen LogP contribution in [0.5, 0.6) is 0 Å². The van der Waals surface area contributed by atoms with E-state index in [0.29, 0.717) is 0 Å². The zero-order chi connectivity index (χ0) is 11.2. The van der Waals surface area contributed by atoms with Crippen LogP contribution in [-0.4, -0.2) is 5.11 Å². The third-order valence-corrected chi connectivity index (χ3v) is 2.19. The van der Waals surface area contributed by atoms with E-state index >= 15 is 0 Å². The van der Waals surface area contributed by atoms with Crippen molar-refractivity contribution < 1.29 is 6.54 Å². The molecule has 1 N–H and O–H groups in total. The summed E-state index contributed by atoms with van der Waals surface area (Å²) in [6.45, 7) is 0. The highest BCUT2D eigenvalue weighted by atomic mass is 16.2. The predicted molar refractivity (Wildman–Crippen MR) is 60.7 cm³/mol. The number of rotatable bonds is 1. The number of aliphatic hydroxyl groups is 1. The zero-order valence-electron chi connectivity index (χ0n) is 9.10. The van der Waals surface area contributed by atoms with Crippen LogP contribution in [0, 0.1) is 12.0 Å². The fraction of sp³-hybridized carbons (Fsp3) is 0. The second kappa shape index (κ2) is 4.34. The third kappa shape index (κ3) is 2.18. The minimum Gasteiger partial charge on any atom is -0.462 e. The third-order valence-electron chi connectivity index (χ3n) is 2.19. The standard InChI is InChI=1S/C14H10O/c15-11-10-12-6-8-14(9-7-12)13-4-2-1-3-5-13/h1-9,15H/i/hD. The fourth-order valence-electron chi connectivity index (χ4n) is 1.44. The van der Waals surface area contributed by atoms with E-state index in [1.807, 2.05) is 42.5 Å². The second-order valence-corrected chi connectivity index (χ2v) is 3.17. The summed E-state index contributed by atoms with van der Waals surface area (Å²) in [5.74, 6) is 2.71. The maximum atomic E-state index is 6.46. The molecular formula is C14H10O. The number of benzene rings is 2. The van der Waals surface area contributed by atoms with Crippen molar-refractivity contribution >= 4 is 0 Å². The molecule has 2 aromatic carbocycles. The van der Waals surface area contributed by atoms with E-state index in [0.717, 1.165) is 11.1 Å². The molecule has 0 aliphatic carbocycles. The topological polar surface area (TPSA) is 20.2 Å². The van der Waals surface area contributed by atoms with Crippen molar-refractivity contribution in [2.45, 2.75) is 0 Å². The van der Waals surface area contributed by atoms with Gasteiger partial charge in [0.15, 0.2) is 0 Å². The summed E-state index contributed by atoms with van der Waals surface area (Å²) in [5.41, 5.74) is 3.17. The predicted octanol–water partition coefficient (Wildman–Crippen LogP) is 3.04. The first-order chi connectivity index (χ1) is 7.90. The van der Waals surface area contributed by atoms with Crippen LogP contribution in [0.4, 0.5) is 0 Å². The van der Waals surface area contributed by atoms with Gasteiger partial charge in [0.25, 0.3) is 0 Å². The van der Waals surface area contributed by atoms with Gasteiger partial charge >= 0.3 is 1.43 Å². The molecule has 0 fully saturated rings. The van der Waals surface area contributed by atoms with Gasteiger partial charge in [-0.25, -0.2) is 0 Å². The van der Waals surface area contributed by atoms with Crippen molar-refractivity contribution in [3.63, 3.8) is 0 Å². The summed E-state index contributed by atoms with van der Waals surface area (Å²) < 4.78 is 6.46. The van der Waals surface area contributed by atoms with Crippen molar-refractivity contribution in [3.8, 4) is 23.2 Å². The molecule has 0 saturated carbocycles. The lowest BCUT2D eigenvalue weighted by Gasteiger charge is -2.00. The normalized spacial score (nSPS) is 9.73. The van der Waals surface area contributed by atoms with Crippen LogP contribution in [0.1, 0.15) is 6.99 Å². The fourth-order valence-corrected chi connectivity index (χ4v) is 1.44. The summed E-state index contributed by atoms with van der Waals surface area (Å²) in [6.07, 6.45) is 2.24. The monoisotopic (exact) mass is 195 g/mol. The lowest BCUT2D eigenvalue weighted by molar-refractivity contribution is 0.517. The molecule has 2 rings (SSSR count). The van der Waals surface area contributed by atoms with Crippen LogP contribution in [-0.2, 0) is 0 Å². The lowest BCUT2D eigenvalue weighted by Crippen LogP contribution is -1.78. The number of hydrogen-bond acceptors (Lipinski definition) is 1. The maximum absolute atomic E-state index is 6.46. The first kappa shape index (κ1) is 8.14. The lowest BCUT2D eigenvalue weighted by atomic mass is 10.0. The minimum absolute atomic E-state index is 0.840. The van der Waals surface area contributed by atoms with Gasteiger partial charge in [-0.1, -0.05) is 42.5 Å². The van der Waals surface area contributed by atoms with Gasteiger partial charge in [-0.2, -0.15) is 0 Å². The van der Waals surface area contributed by atoms with E-state index < -0.39 is 0 Å². The highest BCUT2D eigenvalue weighted by molar-refractivity contribution is 5.64. The quantitative estimate of drug-likeness (QED) is 0.693. The van der Waals surface area contributed by atoms with Gasteiger partial charge in [0.2, 0.25) is 0 Å². The average Bonchev–Trinajstić information content (AvgIpc) is 2.38. The molecule has 2 aromatic rings. The van der Waals surface area contributed by atoms with Gasteiger partial charge in [0.1, 0.15) is 6.11 Å².